The molecule has 3 nitrogen and oxygen atoms in total. The summed E-state index contributed by atoms with van der Waals surface area (Å²) in [5.41, 5.74) is 1.23. The van der Waals surface area contributed by atoms with Crippen LogP contribution in [0.15, 0.2) is 30.3 Å². The molecule has 0 aliphatic carbocycles. The minimum absolute atomic E-state index is 0.126. The molecule has 0 fully saturated rings. The molecule has 0 saturated carbocycles. The SMILES string of the molecule is CCN(C)CC(C)NCC(OC)c1ccccc1. The summed E-state index contributed by atoms with van der Waals surface area (Å²) in [6.45, 7) is 7.37. The van der Waals surface area contributed by atoms with Crippen LogP contribution < -0.4 is 5.32 Å². The van der Waals surface area contributed by atoms with Crippen molar-refractivity contribution in [2.45, 2.75) is 26.0 Å². The van der Waals surface area contributed by atoms with Gasteiger partial charge in [-0.3, -0.25) is 0 Å². The van der Waals surface area contributed by atoms with E-state index in [-0.39, 0.29) is 6.10 Å². The summed E-state index contributed by atoms with van der Waals surface area (Å²) in [5.74, 6) is 0. The molecule has 0 amide bonds. The fraction of sp³-hybridized carbons (Fsp3) is 0.600. The van der Waals surface area contributed by atoms with Crippen molar-refractivity contribution < 1.29 is 4.74 Å². The third kappa shape index (κ3) is 5.17. The van der Waals surface area contributed by atoms with E-state index in [4.69, 9.17) is 4.74 Å². The Kier molecular flexibility index (Phi) is 6.94. The Morgan fingerprint density at radius 2 is 1.94 bits per heavy atom. The minimum atomic E-state index is 0.126. The van der Waals surface area contributed by atoms with E-state index in [9.17, 15) is 0 Å². The minimum Gasteiger partial charge on any atom is -0.375 e. The Bertz CT molecular complexity index is 316. The molecule has 1 N–H and O–H groups in total. The summed E-state index contributed by atoms with van der Waals surface area (Å²) in [7, 11) is 3.91. The van der Waals surface area contributed by atoms with Crippen LogP contribution in [0.3, 0.4) is 0 Å². The van der Waals surface area contributed by atoms with E-state index < -0.39 is 0 Å². The zero-order valence-electron chi connectivity index (χ0n) is 12.0. The quantitative estimate of drug-likeness (QED) is 0.766. The average molecular weight is 250 g/mol. The number of hydrogen-bond acceptors (Lipinski definition) is 3. The zero-order valence-corrected chi connectivity index (χ0v) is 12.0. The van der Waals surface area contributed by atoms with Gasteiger partial charge in [-0.05, 0) is 26.1 Å². The third-order valence-electron chi connectivity index (χ3n) is 3.23. The topological polar surface area (TPSA) is 24.5 Å². The fourth-order valence-corrected chi connectivity index (χ4v) is 1.97. The molecular weight excluding hydrogens is 224 g/mol. The molecule has 0 spiro atoms. The zero-order chi connectivity index (χ0) is 13.4. The maximum absolute atomic E-state index is 5.54. The number of rotatable bonds is 8. The first-order chi connectivity index (χ1) is 8.67. The van der Waals surface area contributed by atoms with Gasteiger partial charge >= 0.3 is 0 Å². The molecule has 1 rings (SSSR count). The van der Waals surface area contributed by atoms with Crippen molar-refractivity contribution in [3.05, 3.63) is 35.9 Å². The molecule has 0 aromatic heterocycles. The number of methoxy groups -OCH3 is 1. The molecule has 3 heteroatoms. The Balaban J connectivity index is 2.40. The van der Waals surface area contributed by atoms with Gasteiger partial charge < -0.3 is 15.0 Å². The van der Waals surface area contributed by atoms with E-state index in [2.05, 4.69) is 55.4 Å². The first-order valence-corrected chi connectivity index (χ1v) is 6.67. The van der Waals surface area contributed by atoms with E-state index in [1.54, 1.807) is 7.11 Å². The van der Waals surface area contributed by atoms with Gasteiger partial charge in [0.2, 0.25) is 0 Å². The van der Waals surface area contributed by atoms with Crippen LogP contribution in [-0.4, -0.2) is 44.7 Å². The molecule has 0 heterocycles. The molecule has 0 saturated heterocycles. The van der Waals surface area contributed by atoms with Crippen molar-refractivity contribution in [3.63, 3.8) is 0 Å². The highest BCUT2D eigenvalue weighted by Gasteiger charge is 2.12. The Labute approximate surface area is 111 Å². The second-order valence-electron chi connectivity index (χ2n) is 4.80. The predicted octanol–water partition coefficient (Wildman–Crippen LogP) is 2.30. The van der Waals surface area contributed by atoms with Crippen LogP contribution in [0.25, 0.3) is 0 Å². The molecular formula is C15H26N2O. The first kappa shape index (κ1) is 15.2. The molecule has 2 atom stereocenters. The highest BCUT2D eigenvalue weighted by atomic mass is 16.5. The summed E-state index contributed by atoms with van der Waals surface area (Å²) in [5, 5.41) is 3.53. The van der Waals surface area contributed by atoms with E-state index in [0.717, 1.165) is 19.6 Å². The number of nitrogens with zero attached hydrogens (tertiary/aromatic N) is 1. The Morgan fingerprint density at radius 1 is 1.28 bits per heavy atom. The van der Waals surface area contributed by atoms with Crippen LogP contribution in [0.2, 0.25) is 0 Å². The second-order valence-corrected chi connectivity index (χ2v) is 4.80. The van der Waals surface area contributed by atoms with Crippen LogP contribution in [0, 0.1) is 0 Å². The summed E-state index contributed by atoms with van der Waals surface area (Å²) in [6, 6.07) is 10.8. The summed E-state index contributed by atoms with van der Waals surface area (Å²) in [6.07, 6.45) is 0.126. The lowest BCUT2D eigenvalue weighted by molar-refractivity contribution is 0.0985. The smallest absolute Gasteiger partial charge is 0.0945 e. The largest absolute Gasteiger partial charge is 0.375 e. The lowest BCUT2D eigenvalue weighted by Gasteiger charge is -2.23. The van der Waals surface area contributed by atoms with Gasteiger partial charge in [0, 0.05) is 26.2 Å². The van der Waals surface area contributed by atoms with Gasteiger partial charge in [0.1, 0.15) is 0 Å². The van der Waals surface area contributed by atoms with Crippen molar-refractivity contribution >= 4 is 0 Å². The molecule has 0 aliphatic rings. The highest BCUT2D eigenvalue weighted by molar-refractivity contribution is 5.17. The van der Waals surface area contributed by atoms with Crippen LogP contribution >= 0.6 is 0 Å². The summed E-state index contributed by atoms with van der Waals surface area (Å²) >= 11 is 0. The van der Waals surface area contributed by atoms with Crippen LogP contribution in [0.4, 0.5) is 0 Å². The summed E-state index contributed by atoms with van der Waals surface area (Å²) in [4.78, 5) is 2.31. The molecule has 1 aromatic carbocycles. The predicted molar refractivity (Wildman–Crippen MR) is 76.8 cm³/mol. The molecule has 0 aliphatic heterocycles. The van der Waals surface area contributed by atoms with Gasteiger partial charge in [-0.15, -0.1) is 0 Å². The van der Waals surface area contributed by atoms with E-state index in [1.165, 1.54) is 5.56 Å². The maximum atomic E-state index is 5.54. The molecule has 1 aromatic rings. The lowest BCUT2D eigenvalue weighted by Crippen LogP contribution is -2.39. The normalized spacial score (nSPS) is 14.7. The van der Waals surface area contributed by atoms with Crippen molar-refractivity contribution in [1.29, 1.82) is 0 Å². The average Bonchev–Trinajstić information content (AvgIpc) is 2.40. The molecule has 0 bridgehead atoms. The number of benzene rings is 1. The number of nitrogens with one attached hydrogen (secondary N) is 1. The van der Waals surface area contributed by atoms with Crippen molar-refractivity contribution in [1.82, 2.24) is 10.2 Å². The number of likely N-dealkylation sites (N-methyl/N-ethyl adjacent to an activating group) is 1. The van der Waals surface area contributed by atoms with Gasteiger partial charge in [-0.1, -0.05) is 37.3 Å². The Morgan fingerprint density at radius 3 is 2.50 bits per heavy atom. The number of ether oxygens (including phenoxy) is 1. The van der Waals surface area contributed by atoms with Gasteiger partial charge in [0.15, 0.2) is 0 Å². The van der Waals surface area contributed by atoms with E-state index in [1.807, 2.05) is 6.07 Å². The fourth-order valence-electron chi connectivity index (χ4n) is 1.97. The van der Waals surface area contributed by atoms with Gasteiger partial charge in [-0.25, -0.2) is 0 Å². The molecule has 0 radical (unpaired) electrons. The van der Waals surface area contributed by atoms with Crippen molar-refractivity contribution in [2.75, 3.05) is 33.8 Å². The van der Waals surface area contributed by atoms with Gasteiger partial charge in [-0.2, -0.15) is 0 Å². The monoisotopic (exact) mass is 250 g/mol. The molecule has 102 valence electrons. The third-order valence-corrected chi connectivity index (χ3v) is 3.23. The van der Waals surface area contributed by atoms with Crippen molar-refractivity contribution in [2.24, 2.45) is 0 Å². The van der Waals surface area contributed by atoms with Crippen LogP contribution in [0.5, 0.6) is 0 Å². The molecule has 18 heavy (non-hydrogen) atoms. The van der Waals surface area contributed by atoms with E-state index >= 15 is 0 Å². The molecule has 2 unspecified atom stereocenters. The number of hydrogen-bond donors (Lipinski definition) is 1. The lowest BCUT2D eigenvalue weighted by atomic mass is 10.1. The van der Waals surface area contributed by atoms with Crippen LogP contribution in [-0.2, 0) is 4.74 Å². The highest BCUT2D eigenvalue weighted by Crippen LogP contribution is 2.14. The first-order valence-electron chi connectivity index (χ1n) is 6.67. The van der Waals surface area contributed by atoms with Crippen molar-refractivity contribution in [3.8, 4) is 0 Å². The summed E-state index contributed by atoms with van der Waals surface area (Å²) < 4.78 is 5.54. The van der Waals surface area contributed by atoms with E-state index in [0.29, 0.717) is 6.04 Å². The standard InChI is InChI=1S/C15H26N2O/c1-5-17(3)12-13(2)16-11-15(18-4)14-9-7-6-8-10-14/h6-10,13,15-16H,5,11-12H2,1-4H3. The van der Waals surface area contributed by atoms with Gasteiger partial charge in [0.05, 0.1) is 6.10 Å². The van der Waals surface area contributed by atoms with Crippen LogP contribution in [0.1, 0.15) is 25.5 Å². The Hall–Kier alpha value is -0.900. The maximum Gasteiger partial charge on any atom is 0.0945 e. The van der Waals surface area contributed by atoms with Gasteiger partial charge in [0.25, 0.3) is 0 Å². The second kappa shape index (κ2) is 8.25.